The highest BCUT2D eigenvalue weighted by molar-refractivity contribution is 5.61. The first-order valence-electron chi connectivity index (χ1n) is 5.68. The molecule has 0 amide bonds. The minimum Gasteiger partial charge on any atom is -0.399 e. The van der Waals surface area contributed by atoms with Gasteiger partial charge < -0.3 is 10.3 Å². The molecule has 3 aromatic rings. The number of rotatable bonds is 2. The van der Waals surface area contributed by atoms with Crippen LogP contribution in [0.15, 0.2) is 53.1 Å². The Morgan fingerprint density at radius 1 is 1.00 bits per heavy atom. The SMILES string of the molecule is Nc1ccc(-c2noc(-c3cccc(F)c3)n2)cc1. The Morgan fingerprint density at radius 3 is 2.53 bits per heavy atom. The second-order valence-corrected chi connectivity index (χ2v) is 4.06. The summed E-state index contributed by atoms with van der Waals surface area (Å²) in [6, 6.07) is 13.1. The maximum absolute atomic E-state index is 13.1. The number of hydrogen-bond donors (Lipinski definition) is 1. The van der Waals surface area contributed by atoms with E-state index in [4.69, 9.17) is 10.3 Å². The predicted octanol–water partition coefficient (Wildman–Crippen LogP) is 3.12. The number of aromatic nitrogens is 2. The van der Waals surface area contributed by atoms with Gasteiger partial charge in [0.25, 0.3) is 5.89 Å². The van der Waals surface area contributed by atoms with Gasteiger partial charge in [0.15, 0.2) is 0 Å². The third-order valence-electron chi connectivity index (χ3n) is 2.67. The van der Waals surface area contributed by atoms with Crippen LogP contribution in [0.2, 0.25) is 0 Å². The average molecular weight is 255 g/mol. The lowest BCUT2D eigenvalue weighted by atomic mass is 10.2. The van der Waals surface area contributed by atoms with Crippen LogP contribution in [-0.4, -0.2) is 10.1 Å². The lowest BCUT2D eigenvalue weighted by molar-refractivity contribution is 0.432. The third-order valence-corrected chi connectivity index (χ3v) is 2.67. The van der Waals surface area contributed by atoms with Gasteiger partial charge in [-0.1, -0.05) is 11.2 Å². The van der Waals surface area contributed by atoms with Crippen LogP contribution in [0, 0.1) is 5.82 Å². The predicted molar refractivity (Wildman–Crippen MR) is 69.5 cm³/mol. The number of nitrogen functional groups attached to an aromatic ring is 1. The summed E-state index contributed by atoms with van der Waals surface area (Å²) in [5, 5.41) is 3.87. The summed E-state index contributed by atoms with van der Waals surface area (Å²) in [4.78, 5) is 4.24. The first kappa shape index (κ1) is 11.4. The minimum absolute atomic E-state index is 0.284. The lowest BCUT2D eigenvalue weighted by Crippen LogP contribution is -1.85. The van der Waals surface area contributed by atoms with Gasteiger partial charge in [-0.25, -0.2) is 4.39 Å². The molecule has 4 nitrogen and oxygen atoms in total. The van der Waals surface area contributed by atoms with Gasteiger partial charge in [-0.05, 0) is 42.5 Å². The van der Waals surface area contributed by atoms with Crippen LogP contribution in [0.5, 0.6) is 0 Å². The molecule has 19 heavy (non-hydrogen) atoms. The smallest absolute Gasteiger partial charge is 0.258 e. The largest absolute Gasteiger partial charge is 0.399 e. The summed E-state index contributed by atoms with van der Waals surface area (Å²) < 4.78 is 18.3. The van der Waals surface area contributed by atoms with E-state index in [1.54, 1.807) is 36.4 Å². The number of halogens is 1. The van der Waals surface area contributed by atoms with Crippen LogP contribution in [0.1, 0.15) is 0 Å². The van der Waals surface area contributed by atoms with Crippen molar-refractivity contribution in [2.24, 2.45) is 0 Å². The molecule has 0 fully saturated rings. The summed E-state index contributed by atoms with van der Waals surface area (Å²) in [7, 11) is 0. The first-order chi connectivity index (χ1) is 9.22. The maximum atomic E-state index is 13.1. The molecule has 0 saturated carbocycles. The second kappa shape index (κ2) is 4.53. The molecule has 0 spiro atoms. The average Bonchev–Trinajstić information content (AvgIpc) is 2.89. The molecule has 2 aromatic carbocycles. The van der Waals surface area contributed by atoms with E-state index in [2.05, 4.69) is 10.1 Å². The second-order valence-electron chi connectivity index (χ2n) is 4.06. The monoisotopic (exact) mass is 255 g/mol. The Hall–Kier alpha value is -2.69. The molecule has 0 unspecified atom stereocenters. The highest BCUT2D eigenvalue weighted by atomic mass is 19.1. The molecule has 2 N–H and O–H groups in total. The van der Waals surface area contributed by atoms with Gasteiger partial charge in [0, 0.05) is 16.8 Å². The molecule has 94 valence electrons. The van der Waals surface area contributed by atoms with Crippen LogP contribution in [0.25, 0.3) is 22.8 Å². The molecule has 3 rings (SSSR count). The van der Waals surface area contributed by atoms with Gasteiger partial charge in [0.2, 0.25) is 5.82 Å². The Bertz CT molecular complexity index is 707. The Morgan fingerprint density at radius 2 is 1.79 bits per heavy atom. The van der Waals surface area contributed by atoms with Crippen molar-refractivity contribution in [3.63, 3.8) is 0 Å². The Kier molecular flexibility index (Phi) is 2.72. The van der Waals surface area contributed by atoms with Crippen molar-refractivity contribution in [1.82, 2.24) is 10.1 Å². The zero-order valence-corrected chi connectivity index (χ0v) is 9.88. The number of benzene rings is 2. The maximum Gasteiger partial charge on any atom is 0.258 e. The molecule has 0 bridgehead atoms. The van der Waals surface area contributed by atoms with E-state index in [1.807, 2.05) is 0 Å². The summed E-state index contributed by atoms with van der Waals surface area (Å²) in [5.74, 6) is 0.385. The number of anilines is 1. The standard InChI is InChI=1S/C14H10FN3O/c15-11-3-1-2-10(8-11)14-17-13(18-19-14)9-4-6-12(16)7-5-9/h1-8H,16H2. The Balaban J connectivity index is 1.97. The minimum atomic E-state index is -0.343. The van der Waals surface area contributed by atoms with Crippen molar-refractivity contribution in [2.45, 2.75) is 0 Å². The van der Waals surface area contributed by atoms with Crippen molar-refractivity contribution in [2.75, 3.05) is 5.73 Å². The van der Waals surface area contributed by atoms with E-state index in [0.29, 0.717) is 17.1 Å². The molecule has 1 heterocycles. The molecule has 0 aliphatic carbocycles. The Labute approximate surface area is 108 Å². The van der Waals surface area contributed by atoms with Crippen molar-refractivity contribution in [3.05, 3.63) is 54.3 Å². The summed E-state index contributed by atoms with van der Waals surface area (Å²) in [6.45, 7) is 0. The molecular formula is C14H10FN3O. The van der Waals surface area contributed by atoms with E-state index >= 15 is 0 Å². The third kappa shape index (κ3) is 2.30. The fourth-order valence-electron chi connectivity index (χ4n) is 1.71. The number of nitrogens with zero attached hydrogens (tertiary/aromatic N) is 2. The fourth-order valence-corrected chi connectivity index (χ4v) is 1.71. The molecule has 0 aliphatic heterocycles. The molecule has 1 aromatic heterocycles. The van der Waals surface area contributed by atoms with E-state index in [9.17, 15) is 4.39 Å². The highest BCUT2D eigenvalue weighted by Crippen LogP contribution is 2.23. The van der Waals surface area contributed by atoms with Gasteiger partial charge in [0.1, 0.15) is 5.82 Å². The van der Waals surface area contributed by atoms with E-state index in [-0.39, 0.29) is 11.7 Å². The first-order valence-corrected chi connectivity index (χ1v) is 5.68. The van der Waals surface area contributed by atoms with Gasteiger partial charge in [0.05, 0.1) is 0 Å². The molecule has 0 aliphatic rings. The highest BCUT2D eigenvalue weighted by Gasteiger charge is 2.10. The van der Waals surface area contributed by atoms with E-state index in [1.165, 1.54) is 12.1 Å². The summed E-state index contributed by atoms with van der Waals surface area (Å²) in [5.41, 5.74) is 7.62. The fraction of sp³-hybridized carbons (Fsp3) is 0. The summed E-state index contributed by atoms with van der Waals surface area (Å²) >= 11 is 0. The molecule has 0 saturated heterocycles. The normalized spacial score (nSPS) is 10.6. The molecule has 0 radical (unpaired) electrons. The topological polar surface area (TPSA) is 64.9 Å². The van der Waals surface area contributed by atoms with Crippen LogP contribution < -0.4 is 5.73 Å². The van der Waals surface area contributed by atoms with E-state index < -0.39 is 0 Å². The molecule has 5 heteroatoms. The van der Waals surface area contributed by atoms with Crippen molar-refractivity contribution in [1.29, 1.82) is 0 Å². The quantitative estimate of drug-likeness (QED) is 0.714. The summed E-state index contributed by atoms with van der Waals surface area (Å²) in [6.07, 6.45) is 0. The van der Waals surface area contributed by atoms with Crippen LogP contribution in [-0.2, 0) is 0 Å². The van der Waals surface area contributed by atoms with Crippen LogP contribution >= 0.6 is 0 Å². The van der Waals surface area contributed by atoms with Crippen LogP contribution in [0.3, 0.4) is 0 Å². The van der Waals surface area contributed by atoms with Crippen molar-refractivity contribution >= 4 is 5.69 Å². The van der Waals surface area contributed by atoms with Crippen molar-refractivity contribution < 1.29 is 8.91 Å². The van der Waals surface area contributed by atoms with Gasteiger partial charge in [-0.15, -0.1) is 0 Å². The molecular weight excluding hydrogens is 245 g/mol. The van der Waals surface area contributed by atoms with E-state index in [0.717, 1.165) is 5.56 Å². The van der Waals surface area contributed by atoms with Gasteiger partial charge in [-0.3, -0.25) is 0 Å². The van der Waals surface area contributed by atoms with Gasteiger partial charge in [-0.2, -0.15) is 4.98 Å². The number of nitrogens with two attached hydrogens (primary N) is 1. The van der Waals surface area contributed by atoms with Crippen LogP contribution in [0.4, 0.5) is 10.1 Å². The zero-order valence-electron chi connectivity index (χ0n) is 9.88. The van der Waals surface area contributed by atoms with Crippen molar-refractivity contribution in [3.8, 4) is 22.8 Å². The van der Waals surface area contributed by atoms with Gasteiger partial charge >= 0.3 is 0 Å². The number of hydrogen-bond acceptors (Lipinski definition) is 4. The lowest BCUT2D eigenvalue weighted by Gasteiger charge is -1.95. The molecule has 0 atom stereocenters. The zero-order chi connectivity index (χ0) is 13.2.